The zero-order valence-electron chi connectivity index (χ0n) is 18.9. The summed E-state index contributed by atoms with van der Waals surface area (Å²) >= 11 is 1.29. The van der Waals surface area contributed by atoms with Gasteiger partial charge in [0.2, 0.25) is 5.91 Å². The number of amides is 1. The standard InChI is InChI=1S/C24H24N6O2S/c1-15-16(2)30(13-18-8-6-5-7-9-18)22(20(15)12-25)26-21(31)14-33-24-28-27-23(29(24)4)19-10-11-32-17(19)3/h5-11H,13-14H2,1-4H3,(H,26,31). The summed E-state index contributed by atoms with van der Waals surface area (Å²) in [6, 6.07) is 14.0. The summed E-state index contributed by atoms with van der Waals surface area (Å²) in [7, 11) is 1.85. The van der Waals surface area contributed by atoms with Gasteiger partial charge in [-0.25, -0.2) is 0 Å². The molecule has 3 aromatic heterocycles. The molecule has 0 aliphatic rings. The van der Waals surface area contributed by atoms with Crippen molar-refractivity contribution in [1.29, 1.82) is 5.26 Å². The van der Waals surface area contributed by atoms with Gasteiger partial charge in [-0.05, 0) is 38.0 Å². The van der Waals surface area contributed by atoms with Gasteiger partial charge in [0.05, 0.1) is 23.1 Å². The van der Waals surface area contributed by atoms with Gasteiger partial charge >= 0.3 is 0 Å². The summed E-state index contributed by atoms with van der Waals surface area (Å²) in [5.41, 5.74) is 4.26. The number of carbonyl (C=O) groups excluding carboxylic acids is 1. The Kier molecular flexibility index (Phi) is 6.38. The van der Waals surface area contributed by atoms with Crippen molar-refractivity contribution >= 4 is 23.5 Å². The molecule has 33 heavy (non-hydrogen) atoms. The maximum absolute atomic E-state index is 12.9. The summed E-state index contributed by atoms with van der Waals surface area (Å²) in [6.45, 7) is 6.29. The first kappa shape index (κ1) is 22.4. The first-order valence-corrected chi connectivity index (χ1v) is 11.4. The van der Waals surface area contributed by atoms with Gasteiger partial charge in [0.25, 0.3) is 0 Å². The third kappa shape index (κ3) is 4.43. The number of anilines is 1. The highest BCUT2D eigenvalue weighted by Crippen LogP contribution is 2.29. The van der Waals surface area contributed by atoms with Crippen LogP contribution in [0.4, 0.5) is 5.82 Å². The van der Waals surface area contributed by atoms with E-state index < -0.39 is 0 Å². The average molecular weight is 461 g/mol. The van der Waals surface area contributed by atoms with E-state index in [1.54, 1.807) is 6.26 Å². The Hall–Kier alpha value is -3.77. The van der Waals surface area contributed by atoms with Crippen molar-refractivity contribution in [2.24, 2.45) is 7.05 Å². The monoisotopic (exact) mass is 460 g/mol. The SMILES string of the molecule is Cc1occc1-c1nnc(SCC(=O)Nc2c(C#N)c(C)c(C)n2Cc2ccccc2)n1C. The first-order valence-electron chi connectivity index (χ1n) is 10.4. The van der Waals surface area contributed by atoms with E-state index in [1.807, 2.05) is 73.4 Å². The van der Waals surface area contributed by atoms with E-state index in [9.17, 15) is 10.1 Å². The molecule has 8 nitrogen and oxygen atoms in total. The molecule has 0 saturated carbocycles. The normalized spacial score (nSPS) is 10.9. The summed E-state index contributed by atoms with van der Waals surface area (Å²) in [5, 5.41) is 21.8. The molecule has 0 unspecified atom stereocenters. The highest BCUT2D eigenvalue weighted by atomic mass is 32.2. The molecular weight excluding hydrogens is 436 g/mol. The minimum Gasteiger partial charge on any atom is -0.469 e. The lowest BCUT2D eigenvalue weighted by atomic mass is 10.2. The number of rotatable bonds is 7. The number of furan rings is 1. The Morgan fingerprint density at radius 3 is 2.61 bits per heavy atom. The third-order valence-electron chi connectivity index (χ3n) is 5.65. The number of nitrogens with zero attached hydrogens (tertiary/aromatic N) is 5. The van der Waals surface area contributed by atoms with Gasteiger partial charge in [-0.2, -0.15) is 5.26 Å². The number of thioether (sulfide) groups is 1. The zero-order chi connectivity index (χ0) is 23.5. The molecule has 0 aliphatic heterocycles. The predicted octanol–water partition coefficient (Wildman–Crippen LogP) is 4.45. The Morgan fingerprint density at radius 1 is 1.18 bits per heavy atom. The third-order valence-corrected chi connectivity index (χ3v) is 6.67. The maximum Gasteiger partial charge on any atom is 0.235 e. The molecule has 4 aromatic rings. The van der Waals surface area contributed by atoms with Gasteiger partial charge < -0.3 is 18.9 Å². The van der Waals surface area contributed by atoms with Crippen LogP contribution >= 0.6 is 11.8 Å². The molecule has 0 bridgehead atoms. The summed E-state index contributed by atoms with van der Waals surface area (Å²) in [6.07, 6.45) is 1.61. The highest BCUT2D eigenvalue weighted by Gasteiger charge is 2.21. The fourth-order valence-corrected chi connectivity index (χ4v) is 4.40. The van der Waals surface area contributed by atoms with Gasteiger partial charge in [-0.1, -0.05) is 42.1 Å². The van der Waals surface area contributed by atoms with Crippen LogP contribution < -0.4 is 5.32 Å². The molecule has 168 valence electrons. The first-order chi connectivity index (χ1) is 15.9. The van der Waals surface area contributed by atoms with E-state index in [4.69, 9.17) is 4.42 Å². The van der Waals surface area contributed by atoms with Crippen molar-refractivity contribution in [3.63, 3.8) is 0 Å². The van der Waals surface area contributed by atoms with Crippen molar-refractivity contribution in [2.45, 2.75) is 32.5 Å². The Morgan fingerprint density at radius 2 is 1.94 bits per heavy atom. The predicted molar refractivity (Wildman–Crippen MR) is 127 cm³/mol. The van der Waals surface area contributed by atoms with Crippen molar-refractivity contribution in [3.05, 3.63) is 70.8 Å². The Balaban J connectivity index is 1.51. The van der Waals surface area contributed by atoms with Crippen LogP contribution in [0.25, 0.3) is 11.4 Å². The fraction of sp³-hybridized carbons (Fsp3) is 0.250. The van der Waals surface area contributed by atoms with Crippen LogP contribution in [0.15, 0.2) is 52.2 Å². The van der Waals surface area contributed by atoms with Crippen molar-refractivity contribution in [2.75, 3.05) is 11.1 Å². The van der Waals surface area contributed by atoms with Crippen LogP contribution in [0, 0.1) is 32.1 Å². The number of nitrogens with one attached hydrogen (secondary N) is 1. The van der Waals surface area contributed by atoms with Crippen molar-refractivity contribution < 1.29 is 9.21 Å². The molecule has 0 radical (unpaired) electrons. The van der Waals surface area contributed by atoms with Gasteiger partial charge in [0.1, 0.15) is 17.6 Å². The van der Waals surface area contributed by atoms with Crippen LogP contribution in [0.1, 0.15) is 28.1 Å². The van der Waals surface area contributed by atoms with E-state index in [1.165, 1.54) is 11.8 Å². The smallest absolute Gasteiger partial charge is 0.235 e. The van der Waals surface area contributed by atoms with E-state index in [2.05, 4.69) is 21.6 Å². The van der Waals surface area contributed by atoms with Crippen LogP contribution in [0.2, 0.25) is 0 Å². The van der Waals surface area contributed by atoms with Gasteiger partial charge in [-0.3, -0.25) is 4.79 Å². The molecule has 0 spiro atoms. The molecule has 9 heteroatoms. The van der Waals surface area contributed by atoms with Gasteiger partial charge in [-0.15, -0.1) is 10.2 Å². The molecule has 0 atom stereocenters. The lowest BCUT2D eigenvalue weighted by Crippen LogP contribution is -2.19. The van der Waals surface area contributed by atoms with E-state index in [0.29, 0.717) is 28.9 Å². The van der Waals surface area contributed by atoms with Crippen molar-refractivity contribution in [1.82, 2.24) is 19.3 Å². The molecule has 0 fully saturated rings. The topological polar surface area (TPSA) is 102 Å². The zero-order valence-corrected chi connectivity index (χ0v) is 19.7. The lowest BCUT2D eigenvalue weighted by Gasteiger charge is -2.13. The molecule has 0 saturated heterocycles. The van der Waals surface area contributed by atoms with Gasteiger partial charge in [0, 0.05) is 19.3 Å². The minimum atomic E-state index is -0.215. The molecule has 3 heterocycles. The second-order valence-corrected chi connectivity index (χ2v) is 8.65. The van der Waals surface area contributed by atoms with Crippen LogP contribution in [-0.4, -0.2) is 31.0 Å². The second kappa shape index (κ2) is 9.38. The number of aromatic nitrogens is 4. The number of hydrogen-bond acceptors (Lipinski definition) is 6. The quantitative estimate of drug-likeness (QED) is 0.409. The Labute approximate surface area is 196 Å². The fourth-order valence-electron chi connectivity index (χ4n) is 3.68. The van der Waals surface area contributed by atoms with E-state index in [0.717, 1.165) is 28.1 Å². The summed E-state index contributed by atoms with van der Waals surface area (Å²) in [5.74, 6) is 1.88. The minimum absolute atomic E-state index is 0.135. The number of hydrogen-bond donors (Lipinski definition) is 1. The van der Waals surface area contributed by atoms with E-state index in [-0.39, 0.29) is 11.7 Å². The highest BCUT2D eigenvalue weighted by molar-refractivity contribution is 7.99. The number of carbonyl (C=O) groups is 1. The molecular formula is C24H24N6O2S. The number of aryl methyl sites for hydroxylation is 1. The molecule has 1 aromatic carbocycles. The second-order valence-electron chi connectivity index (χ2n) is 7.71. The van der Waals surface area contributed by atoms with E-state index >= 15 is 0 Å². The molecule has 1 N–H and O–H groups in total. The average Bonchev–Trinajstić information content (AvgIpc) is 3.45. The molecule has 0 aliphatic carbocycles. The number of nitriles is 1. The number of benzene rings is 1. The van der Waals surface area contributed by atoms with Crippen LogP contribution in [0.5, 0.6) is 0 Å². The molecule has 1 amide bonds. The summed E-state index contributed by atoms with van der Waals surface area (Å²) < 4.78 is 9.17. The lowest BCUT2D eigenvalue weighted by molar-refractivity contribution is -0.113. The Bertz CT molecular complexity index is 1340. The maximum atomic E-state index is 12.9. The van der Waals surface area contributed by atoms with Crippen molar-refractivity contribution in [3.8, 4) is 17.5 Å². The van der Waals surface area contributed by atoms with Gasteiger partial charge in [0.15, 0.2) is 11.0 Å². The largest absolute Gasteiger partial charge is 0.469 e. The van der Waals surface area contributed by atoms with Crippen LogP contribution in [0.3, 0.4) is 0 Å². The summed E-state index contributed by atoms with van der Waals surface area (Å²) in [4.78, 5) is 12.9. The molecule has 4 rings (SSSR count). The van der Waals surface area contributed by atoms with Crippen LogP contribution in [-0.2, 0) is 18.4 Å².